The lowest BCUT2D eigenvalue weighted by Crippen LogP contribution is -2.30. The lowest BCUT2D eigenvalue weighted by atomic mass is 9.92. The molecule has 1 unspecified atom stereocenters. The van der Waals surface area contributed by atoms with Crippen molar-refractivity contribution in [1.82, 2.24) is 5.32 Å². The molecule has 1 atom stereocenters. The first-order valence-electron chi connectivity index (χ1n) is 5.28. The topological polar surface area (TPSA) is 25.2 Å². The number of rotatable bonds is 2. The molecule has 0 spiro atoms. The van der Waals surface area contributed by atoms with E-state index in [1.165, 1.54) is 25.0 Å². The van der Waals surface area contributed by atoms with Crippen LogP contribution in [0.2, 0.25) is 0 Å². The number of furan rings is 1. The molecular weight excluding hydrogens is 174 g/mol. The largest absolute Gasteiger partial charge is 0.465 e. The van der Waals surface area contributed by atoms with Gasteiger partial charge in [-0.05, 0) is 50.4 Å². The predicted octanol–water partition coefficient (Wildman–Crippen LogP) is 2.68. The number of nitrogens with one attached hydrogen (secondary N) is 1. The molecule has 1 aliphatic heterocycles. The quantitative estimate of drug-likeness (QED) is 0.777. The second-order valence-corrected chi connectivity index (χ2v) is 3.95. The summed E-state index contributed by atoms with van der Waals surface area (Å²) in [6.45, 7) is 4.48. The zero-order valence-corrected chi connectivity index (χ0v) is 8.62. The van der Waals surface area contributed by atoms with Crippen molar-refractivity contribution in [1.29, 1.82) is 0 Å². The van der Waals surface area contributed by atoms with E-state index in [1.807, 2.05) is 12.1 Å². The molecule has 0 aliphatic carbocycles. The Kier molecular flexibility index (Phi) is 3.04. The van der Waals surface area contributed by atoms with Crippen LogP contribution in [0.1, 0.15) is 25.5 Å². The summed E-state index contributed by atoms with van der Waals surface area (Å²) in [4.78, 5) is 0. The molecular formula is C12H17NO. The maximum Gasteiger partial charge on any atom is 0.126 e. The van der Waals surface area contributed by atoms with E-state index in [9.17, 15) is 0 Å². The van der Waals surface area contributed by atoms with Crippen molar-refractivity contribution in [2.45, 2.75) is 19.8 Å². The van der Waals surface area contributed by atoms with Gasteiger partial charge in [-0.2, -0.15) is 0 Å². The van der Waals surface area contributed by atoms with Crippen molar-refractivity contribution in [2.75, 3.05) is 13.1 Å². The van der Waals surface area contributed by atoms with Crippen LogP contribution in [0.4, 0.5) is 0 Å². The van der Waals surface area contributed by atoms with Gasteiger partial charge >= 0.3 is 0 Å². The third kappa shape index (κ3) is 2.26. The fourth-order valence-electron chi connectivity index (χ4n) is 1.96. The molecule has 0 bridgehead atoms. The summed E-state index contributed by atoms with van der Waals surface area (Å²) in [7, 11) is 0. The van der Waals surface area contributed by atoms with Crippen LogP contribution in [0.25, 0.3) is 6.08 Å². The Labute approximate surface area is 85.0 Å². The molecule has 1 N–H and O–H groups in total. The minimum atomic E-state index is 0.689. The summed E-state index contributed by atoms with van der Waals surface area (Å²) in [6.07, 6.45) is 6.46. The highest BCUT2D eigenvalue weighted by atomic mass is 16.3. The van der Waals surface area contributed by atoms with E-state index in [4.69, 9.17) is 4.42 Å². The molecule has 1 aliphatic rings. The van der Waals surface area contributed by atoms with Gasteiger partial charge in [0.15, 0.2) is 0 Å². The number of hydrogen-bond acceptors (Lipinski definition) is 2. The van der Waals surface area contributed by atoms with Crippen LogP contribution in [0.5, 0.6) is 0 Å². The Balaban J connectivity index is 2.02. The molecule has 76 valence electrons. The molecule has 0 radical (unpaired) electrons. The van der Waals surface area contributed by atoms with E-state index >= 15 is 0 Å². The zero-order valence-electron chi connectivity index (χ0n) is 8.62. The SMILES string of the molecule is C/C(=C/c1ccco1)C1CCCNC1. The monoisotopic (exact) mass is 191 g/mol. The standard InChI is InChI=1S/C12H17NO/c1-10(8-12-5-3-7-14-12)11-4-2-6-13-9-11/h3,5,7-8,11,13H,2,4,6,9H2,1H3/b10-8-. The molecule has 14 heavy (non-hydrogen) atoms. The summed E-state index contributed by atoms with van der Waals surface area (Å²) >= 11 is 0. The molecule has 2 heterocycles. The van der Waals surface area contributed by atoms with Crippen molar-refractivity contribution in [2.24, 2.45) is 5.92 Å². The van der Waals surface area contributed by atoms with Gasteiger partial charge in [-0.15, -0.1) is 0 Å². The van der Waals surface area contributed by atoms with Crippen LogP contribution in [-0.4, -0.2) is 13.1 Å². The minimum Gasteiger partial charge on any atom is -0.465 e. The first-order valence-corrected chi connectivity index (χ1v) is 5.28. The normalized spacial score (nSPS) is 23.8. The van der Waals surface area contributed by atoms with Gasteiger partial charge in [0.1, 0.15) is 5.76 Å². The summed E-state index contributed by atoms with van der Waals surface area (Å²) in [5, 5.41) is 3.42. The van der Waals surface area contributed by atoms with Crippen LogP contribution >= 0.6 is 0 Å². The summed E-state index contributed by atoms with van der Waals surface area (Å²) in [5.74, 6) is 1.65. The average Bonchev–Trinajstić information content (AvgIpc) is 2.72. The van der Waals surface area contributed by atoms with Crippen LogP contribution < -0.4 is 5.32 Å². The Bertz CT molecular complexity index is 294. The lowest BCUT2D eigenvalue weighted by molar-refractivity contribution is 0.423. The second kappa shape index (κ2) is 4.47. The molecule has 1 saturated heterocycles. The van der Waals surface area contributed by atoms with Gasteiger partial charge in [-0.1, -0.05) is 5.57 Å². The van der Waals surface area contributed by atoms with Crippen molar-refractivity contribution in [3.63, 3.8) is 0 Å². The third-order valence-corrected chi connectivity index (χ3v) is 2.85. The Morgan fingerprint density at radius 3 is 3.21 bits per heavy atom. The van der Waals surface area contributed by atoms with Gasteiger partial charge in [-0.25, -0.2) is 0 Å². The summed E-state index contributed by atoms with van der Waals surface area (Å²) in [5.41, 5.74) is 1.42. The van der Waals surface area contributed by atoms with Crippen LogP contribution in [0, 0.1) is 5.92 Å². The van der Waals surface area contributed by atoms with E-state index in [0.717, 1.165) is 12.3 Å². The van der Waals surface area contributed by atoms with Crippen molar-refractivity contribution < 1.29 is 4.42 Å². The summed E-state index contributed by atoms with van der Waals surface area (Å²) in [6, 6.07) is 3.93. The van der Waals surface area contributed by atoms with E-state index in [2.05, 4.69) is 18.3 Å². The number of hydrogen-bond donors (Lipinski definition) is 1. The smallest absolute Gasteiger partial charge is 0.126 e. The van der Waals surface area contributed by atoms with Gasteiger partial charge in [0.2, 0.25) is 0 Å². The molecule has 2 nitrogen and oxygen atoms in total. The lowest BCUT2D eigenvalue weighted by Gasteiger charge is -2.23. The molecule has 1 fully saturated rings. The molecule has 2 rings (SSSR count). The predicted molar refractivity (Wildman–Crippen MR) is 58.0 cm³/mol. The maximum absolute atomic E-state index is 5.30. The Morgan fingerprint density at radius 2 is 2.57 bits per heavy atom. The minimum absolute atomic E-state index is 0.689. The average molecular weight is 191 g/mol. The molecule has 0 saturated carbocycles. The highest BCUT2D eigenvalue weighted by molar-refractivity contribution is 5.47. The van der Waals surface area contributed by atoms with E-state index in [-0.39, 0.29) is 0 Å². The van der Waals surface area contributed by atoms with Gasteiger partial charge in [-0.3, -0.25) is 0 Å². The van der Waals surface area contributed by atoms with Crippen LogP contribution in [0.3, 0.4) is 0 Å². The fourth-order valence-corrected chi connectivity index (χ4v) is 1.96. The van der Waals surface area contributed by atoms with Gasteiger partial charge in [0.05, 0.1) is 6.26 Å². The molecule has 0 aromatic carbocycles. The van der Waals surface area contributed by atoms with Crippen molar-refractivity contribution >= 4 is 6.08 Å². The van der Waals surface area contributed by atoms with Crippen molar-refractivity contribution in [3.05, 3.63) is 29.7 Å². The molecule has 1 aromatic heterocycles. The van der Waals surface area contributed by atoms with Crippen LogP contribution in [0.15, 0.2) is 28.4 Å². The number of piperidine rings is 1. The van der Waals surface area contributed by atoms with Gasteiger partial charge in [0.25, 0.3) is 0 Å². The van der Waals surface area contributed by atoms with Crippen molar-refractivity contribution in [3.8, 4) is 0 Å². The molecule has 0 amide bonds. The summed E-state index contributed by atoms with van der Waals surface area (Å²) < 4.78 is 5.30. The highest BCUT2D eigenvalue weighted by Gasteiger charge is 2.14. The Morgan fingerprint density at radius 1 is 1.64 bits per heavy atom. The van der Waals surface area contributed by atoms with E-state index in [0.29, 0.717) is 5.92 Å². The maximum atomic E-state index is 5.30. The first kappa shape index (κ1) is 9.53. The van der Waals surface area contributed by atoms with Crippen LogP contribution in [-0.2, 0) is 0 Å². The molecule has 1 aromatic rings. The highest BCUT2D eigenvalue weighted by Crippen LogP contribution is 2.21. The van der Waals surface area contributed by atoms with E-state index < -0.39 is 0 Å². The fraction of sp³-hybridized carbons (Fsp3) is 0.500. The van der Waals surface area contributed by atoms with Gasteiger partial charge in [0, 0.05) is 6.54 Å². The van der Waals surface area contributed by atoms with Gasteiger partial charge < -0.3 is 9.73 Å². The third-order valence-electron chi connectivity index (χ3n) is 2.85. The second-order valence-electron chi connectivity index (χ2n) is 3.95. The zero-order chi connectivity index (χ0) is 9.80. The first-order chi connectivity index (χ1) is 6.86. The van der Waals surface area contributed by atoms with E-state index in [1.54, 1.807) is 6.26 Å². The molecule has 2 heteroatoms. The Hall–Kier alpha value is -1.02.